The molecule has 1 fully saturated rings. The second kappa shape index (κ2) is 7.48. The molecule has 0 radical (unpaired) electrons. The van der Waals surface area contributed by atoms with Crippen molar-refractivity contribution in [3.8, 4) is 5.75 Å². The zero-order valence-corrected chi connectivity index (χ0v) is 14.6. The molecule has 7 heteroatoms. The summed E-state index contributed by atoms with van der Waals surface area (Å²) in [6, 6.07) is 13.7. The fraction of sp³-hybridized carbons (Fsp3) is 0.222. The molecule has 2 amide bonds. The minimum Gasteiger partial charge on any atom is -0.491 e. The van der Waals surface area contributed by atoms with Gasteiger partial charge in [-0.25, -0.2) is 9.18 Å². The molecule has 0 atom stereocenters. The molecule has 0 saturated carbocycles. The lowest BCUT2D eigenvalue weighted by Gasteiger charge is -2.20. The van der Waals surface area contributed by atoms with E-state index in [-0.39, 0.29) is 16.9 Å². The molecule has 0 aromatic heterocycles. The molecule has 130 valence electrons. The highest BCUT2D eigenvalue weighted by Gasteiger charge is 2.32. The second-order valence-corrected chi connectivity index (χ2v) is 5.82. The minimum absolute atomic E-state index is 0.187. The number of nitrogens with one attached hydrogen (secondary N) is 1. The van der Waals surface area contributed by atoms with Gasteiger partial charge in [0.05, 0.1) is 6.61 Å². The van der Waals surface area contributed by atoms with Crippen molar-refractivity contribution in [2.75, 3.05) is 29.9 Å². The van der Waals surface area contributed by atoms with Crippen molar-refractivity contribution in [3.63, 3.8) is 0 Å². The van der Waals surface area contributed by atoms with E-state index in [0.29, 0.717) is 25.4 Å². The quantitative estimate of drug-likeness (QED) is 0.842. The summed E-state index contributed by atoms with van der Waals surface area (Å²) in [6.07, 6.45) is 0. The first-order chi connectivity index (χ1) is 12.1. The summed E-state index contributed by atoms with van der Waals surface area (Å²) in [4.78, 5) is 15.7. The van der Waals surface area contributed by atoms with Crippen LogP contribution in [0.15, 0.2) is 48.5 Å². The Balaban J connectivity index is 1.68. The van der Waals surface area contributed by atoms with E-state index in [2.05, 4.69) is 5.32 Å². The largest absolute Gasteiger partial charge is 0.491 e. The standard InChI is InChI=1S/C18H18FN3O2S/c1-2-24-16-9-8-13(12-15(16)19)20-17(25)22-11-10-21(18(22)23)14-6-4-3-5-7-14/h3-9,12H,2,10-11H2,1H3,(H,20,25). The predicted octanol–water partition coefficient (Wildman–Crippen LogP) is 3.86. The van der Waals surface area contributed by atoms with Crippen molar-refractivity contribution in [2.45, 2.75) is 6.92 Å². The van der Waals surface area contributed by atoms with Crippen molar-refractivity contribution in [3.05, 3.63) is 54.3 Å². The highest BCUT2D eigenvalue weighted by Crippen LogP contribution is 2.23. The summed E-state index contributed by atoms with van der Waals surface area (Å²) in [6.45, 7) is 3.19. The maximum absolute atomic E-state index is 13.9. The van der Waals surface area contributed by atoms with E-state index in [9.17, 15) is 9.18 Å². The number of para-hydroxylation sites is 1. The third-order valence-corrected chi connectivity index (χ3v) is 4.13. The van der Waals surface area contributed by atoms with Gasteiger partial charge in [-0.1, -0.05) is 18.2 Å². The van der Waals surface area contributed by atoms with E-state index in [1.54, 1.807) is 17.9 Å². The lowest BCUT2D eigenvalue weighted by Crippen LogP contribution is -2.38. The Morgan fingerprint density at radius 3 is 2.68 bits per heavy atom. The number of anilines is 2. The van der Waals surface area contributed by atoms with Gasteiger partial charge in [0.2, 0.25) is 0 Å². The maximum atomic E-state index is 13.9. The molecule has 0 bridgehead atoms. The van der Waals surface area contributed by atoms with Crippen molar-refractivity contribution in [2.24, 2.45) is 0 Å². The van der Waals surface area contributed by atoms with Gasteiger partial charge in [0.25, 0.3) is 0 Å². The van der Waals surface area contributed by atoms with Gasteiger partial charge in [-0.05, 0) is 43.4 Å². The van der Waals surface area contributed by atoms with Crippen LogP contribution in [-0.2, 0) is 0 Å². The number of amides is 2. The van der Waals surface area contributed by atoms with Gasteiger partial charge in [-0.15, -0.1) is 0 Å². The van der Waals surface area contributed by atoms with Crippen LogP contribution in [0.3, 0.4) is 0 Å². The fourth-order valence-corrected chi connectivity index (χ4v) is 2.90. The molecule has 1 aliphatic rings. The average molecular weight is 359 g/mol. The molecule has 0 aliphatic carbocycles. The van der Waals surface area contributed by atoms with Crippen LogP contribution in [0.1, 0.15) is 6.92 Å². The molecule has 2 aromatic rings. The highest BCUT2D eigenvalue weighted by atomic mass is 32.1. The third kappa shape index (κ3) is 3.71. The van der Waals surface area contributed by atoms with E-state index < -0.39 is 5.82 Å². The molecule has 3 rings (SSSR count). The summed E-state index contributed by atoms with van der Waals surface area (Å²) in [5.41, 5.74) is 1.29. The summed E-state index contributed by atoms with van der Waals surface area (Å²) in [7, 11) is 0. The zero-order chi connectivity index (χ0) is 17.8. The van der Waals surface area contributed by atoms with Gasteiger partial charge < -0.3 is 10.1 Å². The Kier molecular flexibility index (Phi) is 5.14. The number of ether oxygens (including phenoxy) is 1. The van der Waals surface area contributed by atoms with Crippen LogP contribution in [0.5, 0.6) is 5.75 Å². The summed E-state index contributed by atoms with van der Waals surface area (Å²) in [5.74, 6) is -0.292. The van der Waals surface area contributed by atoms with E-state index in [1.807, 2.05) is 30.3 Å². The monoisotopic (exact) mass is 359 g/mol. The SMILES string of the molecule is CCOc1ccc(NC(=S)N2CCN(c3ccccc3)C2=O)cc1F. The van der Waals surface area contributed by atoms with Gasteiger partial charge >= 0.3 is 6.03 Å². The molecule has 1 heterocycles. The maximum Gasteiger partial charge on any atom is 0.330 e. The Labute approximate surface area is 151 Å². The number of hydrogen-bond acceptors (Lipinski definition) is 3. The molecule has 1 N–H and O–H groups in total. The molecule has 2 aromatic carbocycles. The minimum atomic E-state index is -0.478. The van der Waals surface area contributed by atoms with Crippen molar-refractivity contribution in [1.29, 1.82) is 0 Å². The number of rotatable bonds is 4. The molecule has 5 nitrogen and oxygen atoms in total. The lowest BCUT2D eigenvalue weighted by atomic mass is 10.3. The third-order valence-electron chi connectivity index (χ3n) is 3.81. The van der Waals surface area contributed by atoms with E-state index in [0.717, 1.165) is 5.69 Å². The van der Waals surface area contributed by atoms with E-state index in [4.69, 9.17) is 17.0 Å². The molecule has 0 unspecified atom stereocenters. The molecule has 1 aliphatic heterocycles. The van der Waals surface area contributed by atoms with Crippen LogP contribution in [0.25, 0.3) is 0 Å². The molecule has 25 heavy (non-hydrogen) atoms. The lowest BCUT2D eigenvalue weighted by molar-refractivity contribution is 0.238. The zero-order valence-electron chi connectivity index (χ0n) is 13.7. The predicted molar refractivity (Wildman–Crippen MR) is 99.7 cm³/mol. The first-order valence-electron chi connectivity index (χ1n) is 7.97. The molecule has 0 spiro atoms. The first-order valence-corrected chi connectivity index (χ1v) is 8.38. The number of halogens is 1. The van der Waals surface area contributed by atoms with Gasteiger partial charge in [0, 0.05) is 30.5 Å². The Morgan fingerprint density at radius 1 is 1.24 bits per heavy atom. The normalized spacial score (nSPS) is 13.9. The van der Waals surface area contributed by atoms with Crippen LogP contribution in [0.2, 0.25) is 0 Å². The summed E-state index contributed by atoms with van der Waals surface area (Å²) < 4.78 is 19.1. The topological polar surface area (TPSA) is 44.8 Å². The highest BCUT2D eigenvalue weighted by molar-refractivity contribution is 7.80. The van der Waals surface area contributed by atoms with Crippen molar-refractivity contribution >= 4 is 34.7 Å². The smallest absolute Gasteiger partial charge is 0.330 e. The van der Waals surface area contributed by atoms with Crippen molar-refractivity contribution in [1.82, 2.24) is 4.90 Å². The Morgan fingerprint density at radius 2 is 2.00 bits per heavy atom. The molecular weight excluding hydrogens is 341 g/mol. The first kappa shape index (κ1) is 17.2. The number of carbonyl (C=O) groups excluding carboxylic acids is 1. The Hall–Kier alpha value is -2.67. The van der Waals surface area contributed by atoms with Crippen LogP contribution in [0, 0.1) is 5.82 Å². The van der Waals surface area contributed by atoms with Crippen molar-refractivity contribution < 1.29 is 13.9 Å². The number of hydrogen-bond donors (Lipinski definition) is 1. The number of benzene rings is 2. The van der Waals surface area contributed by atoms with Crippen LogP contribution in [0.4, 0.5) is 20.6 Å². The van der Waals surface area contributed by atoms with Crippen LogP contribution in [-0.4, -0.2) is 35.7 Å². The van der Waals surface area contributed by atoms with Crippen LogP contribution < -0.4 is 15.0 Å². The Bertz CT molecular complexity index is 785. The summed E-state index contributed by atoms with van der Waals surface area (Å²) >= 11 is 5.32. The number of urea groups is 1. The molecule has 1 saturated heterocycles. The number of thiocarbonyl (C=S) groups is 1. The van der Waals surface area contributed by atoms with Gasteiger partial charge in [-0.3, -0.25) is 9.80 Å². The second-order valence-electron chi connectivity index (χ2n) is 5.43. The van der Waals surface area contributed by atoms with Gasteiger partial charge in [0.15, 0.2) is 16.7 Å². The van der Waals surface area contributed by atoms with Gasteiger partial charge in [-0.2, -0.15) is 0 Å². The average Bonchev–Trinajstić information content (AvgIpc) is 3.00. The van der Waals surface area contributed by atoms with E-state index in [1.165, 1.54) is 17.0 Å². The molecular formula is C18H18FN3O2S. The fourth-order valence-electron chi connectivity index (χ4n) is 2.61. The van der Waals surface area contributed by atoms with E-state index >= 15 is 0 Å². The number of carbonyl (C=O) groups is 1. The van der Waals surface area contributed by atoms with Gasteiger partial charge in [0.1, 0.15) is 0 Å². The summed E-state index contributed by atoms with van der Waals surface area (Å²) in [5, 5.41) is 3.15. The number of nitrogens with zero attached hydrogens (tertiary/aromatic N) is 2. The van der Waals surface area contributed by atoms with Crippen LogP contribution >= 0.6 is 12.2 Å².